The van der Waals surface area contributed by atoms with Gasteiger partial charge < -0.3 is 14.1 Å². The van der Waals surface area contributed by atoms with E-state index in [1.54, 1.807) is 6.26 Å². The Morgan fingerprint density at radius 1 is 1.26 bits per heavy atom. The molecule has 0 bridgehead atoms. The molecule has 0 saturated heterocycles. The molecule has 2 unspecified atom stereocenters. The van der Waals surface area contributed by atoms with Crippen LogP contribution in [0.2, 0.25) is 0 Å². The Morgan fingerprint density at radius 3 is 2.78 bits per heavy atom. The van der Waals surface area contributed by atoms with Crippen molar-refractivity contribution in [1.29, 1.82) is 0 Å². The molecule has 1 aliphatic heterocycles. The van der Waals surface area contributed by atoms with Crippen LogP contribution in [-0.4, -0.2) is 49.0 Å². The van der Waals surface area contributed by atoms with Gasteiger partial charge in [-0.1, -0.05) is 35.5 Å². The van der Waals surface area contributed by atoms with Crippen LogP contribution in [0.1, 0.15) is 37.2 Å². The minimum absolute atomic E-state index is 0.506. The molecule has 0 N–H and O–H groups in total. The highest BCUT2D eigenvalue weighted by Crippen LogP contribution is 2.25. The van der Waals surface area contributed by atoms with Gasteiger partial charge in [0.25, 0.3) is 0 Å². The zero-order valence-corrected chi connectivity index (χ0v) is 15.2. The van der Waals surface area contributed by atoms with Crippen LogP contribution >= 0.6 is 0 Å². The molecule has 0 fully saturated rings. The van der Waals surface area contributed by atoms with Crippen LogP contribution in [0.25, 0.3) is 0 Å². The van der Waals surface area contributed by atoms with Crippen molar-refractivity contribution in [1.82, 2.24) is 4.81 Å². The quantitative estimate of drug-likeness (QED) is 0.333. The first-order chi connectivity index (χ1) is 11.1. The number of nitrogens with zero attached hydrogens (tertiary/aromatic N) is 1. The highest BCUT2D eigenvalue weighted by Gasteiger charge is 2.11. The van der Waals surface area contributed by atoms with Crippen LogP contribution in [0.3, 0.4) is 0 Å². The van der Waals surface area contributed by atoms with Crippen molar-refractivity contribution < 1.29 is 9.29 Å². The molecule has 1 aliphatic rings. The average Bonchev–Trinajstić information content (AvgIpc) is 2.52. The standard InChI is InChI=1S/C18H28BNO2S/c1-23(21)15-5-4-14-22-18-9-7-17(8-10-18)16-6-2-3-12-20(19)13-11-16/h2,6-10,16H,3-5,11-15,19H2,1H3. The maximum absolute atomic E-state index is 11.0. The summed E-state index contributed by atoms with van der Waals surface area (Å²) in [5.41, 5.74) is 1.37. The zero-order valence-electron chi connectivity index (χ0n) is 14.4. The van der Waals surface area contributed by atoms with E-state index in [4.69, 9.17) is 4.74 Å². The summed E-state index contributed by atoms with van der Waals surface area (Å²) in [5.74, 6) is 2.20. The predicted octanol–water partition coefficient (Wildman–Crippen LogP) is 2.51. The fourth-order valence-corrected chi connectivity index (χ4v) is 3.42. The molecular formula is C18H28BNO2S. The number of hydrogen-bond donors (Lipinski definition) is 0. The number of unbranched alkanes of at least 4 members (excludes halogenated alkanes) is 1. The third kappa shape index (κ3) is 7.02. The summed E-state index contributed by atoms with van der Waals surface area (Å²) in [6.45, 7) is 3.00. The zero-order chi connectivity index (χ0) is 16.5. The normalized spacial score (nSPS) is 20.7. The highest BCUT2D eigenvalue weighted by atomic mass is 32.2. The van der Waals surface area contributed by atoms with E-state index >= 15 is 0 Å². The summed E-state index contributed by atoms with van der Waals surface area (Å²) in [7, 11) is 2.20. The maximum atomic E-state index is 11.0. The maximum Gasteiger partial charge on any atom is 0.185 e. The van der Waals surface area contributed by atoms with E-state index in [0.717, 1.165) is 43.9 Å². The van der Waals surface area contributed by atoms with Crippen LogP contribution in [0, 0.1) is 0 Å². The topological polar surface area (TPSA) is 35.5 Å². The molecule has 5 heteroatoms. The van der Waals surface area contributed by atoms with Gasteiger partial charge in [0, 0.05) is 5.92 Å². The number of allylic oxidation sites excluding steroid dienone is 1. The molecule has 1 heterocycles. The van der Waals surface area contributed by atoms with E-state index in [-0.39, 0.29) is 0 Å². The Labute approximate surface area is 144 Å². The lowest BCUT2D eigenvalue weighted by atomic mass is 9.93. The molecule has 1 aromatic rings. The van der Waals surface area contributed by atoms with Crippen LogP contribution in [0.5, 0.6) is 5.75 Å². The Bertz CT molecular complexity index is 478. The first kappa shape index (κ1) is 18.4. The number of benzene rings is 1. The van der Waals surface area contributed by atoms with Gasteiger partial charge in [-0.05, 0) is 56.5 Å². The summed E-state index contributed by atoms with van der Waals surface area (Å²) in [6.07, 6.45) is 10.6. The first-order valence-electron chi connectivity index (χ1n) is 8.53. The Morgan fingerprint density at radius 2 is 2.04 bits per heavy atom. The summed E-state index contributed by atoms with van der Waals surface area (Å²) >= 11 is -0.690. The van der Waals surface area contributed by atoms with E-state index in [2.05, 4.69) is 49.2 Å². The van der Waals surface area contributed by atoms with Gasteiger partial charge in [-0.2, -0.15) is 0 Å². The lowest BCUT2D eigenvalue weighted by Gasteiger charge is -2.22. The molecule has 3 nitrogen and oxygen atoms in total. The molecule has 0 aromatic heterocycles. The summed E-state index contributed by atoms with van der Waals surface area (Å²) in [6, 6.07) is 8.52. The van der Waals surface area contributed by atoms with Crippen molar-refractivity contribution in [3.63, 3.8) is 0 Å². The van der Waals surface area contributed by atoms with E-state index in [0.29, 0.717) is 12.5 Å². The lowest BCUT2D eigenvalue weighted by Crippen LogP contribution is -2.24. The molecule has 0 amide bonds. The highest BCUT2D eigenvalue weighted by molar-refractivity contribution is 7.90. The van der Waals surface area contributed by atoms with Crippen molar-refractivity contribution >= 4 is 19.2 Å². The molecule has 2 atom stereocenters. The summed E-state index contributed by atoms with van der Waals surface area (Å²) in [5, 5.41) is 0. The van der Waals surface area contributed by atoms with Crippen molar-refractivity contribution in [2.24, 2.45) is 0 Å². The van der Waals surface area contributed by atoms with E-state index in [1.807, 2.05) is 0 Å². The average molecular weight is 333 g/mol. The third-order valence-electron chi connectivity index (χ3n) is 4.27. The molecule has 0 radical (unpaired) electrons. The molecule has 1 aromatic carbocycles. The molecular weight excluding hydrogens is 305 g/mol. The van der Waals surface area contributed by atoms with Crippen molar-refractivity contribution in [2.75, 3.05) is 31.7 Å². The van der Waals surface area contributed by atoms with Gasteiger partial charge in [0.1, 0.15) is 11.5 Å². The van der Waals surface area contributed by atoms with Gasteiger partial charge in [-0.3, -0.25) is 0 Å². The molecule has 0 saturated carbocycles. The summed E-state index contributed by atoms with van der Waals surface area (Å²) in [4.78, 5) is 2.40. The Balaban J connectivity index is 1.80. The predicted molar refractivity (Wildman–Crippen MR) is 101 cm³/mol. The van der Waals surface area contributed by atoms with Crippen LogP contribution < -0.4 is 4.74 Å². The first-order valence-corrected chi connectivity index (χ1v) is 10.3. The van der Waals surface area contributed by atoms with Crippen molar-refractivity contribution in [3.8, 4) is 5.75 Å². The minimum Gasteiger partial charge on any atom is -0.617 e. The monoisotopic (exact) mass is 333 g/mol. The van der Waals surface area contributed by atoms with E-state index < -0.39 is 11.2 Å². The summed E-state index contributed by atoms with van der Waals surface area (Å²) < 4.78 is 16.8. The number of ether oxygens (including phenoxy) is 1. The van der Waals surface area contributed by atoms with Crippen LogP contribution in [0.15, 0.2) is 36.4 Å². The Kier molecular flexibility index (Phi) is 8.07. The van der Waals surface area contributed by atoms with Crippen molar-refractivity contribution in [3.05, 3.63) is 42.0 Å². The van der Waals surface area contributed by atoms with Crippen molar-refractivity contribution in [2.45, 2.75) is 31.6 Å². The van der Waals surface area contributed by atoms with Gasteiger partial charge in [-0.15, -0.1) is 0 Å². The van der Waals surface area contributed by atoms with E-state index in [1.165, 1.54) is 12.0 Å². The number of rotatable bonds is 7. The Hall–Kier alpha value is -0.905. The van der Waals surface area contributed by atoms with Crippen LogP contribution in [-0.2, 0) is 11.2 Å². The van der Waals surface area contributed by atoms with Gasteiger partial charge in [0.05, 0.1) is 12.9 Å². The van der Waals surface area contributed by atoms with E-state index in [9.17, 15) is 4.55 Å². The molecule has 126 valence electrons. The van der Waals surface area contributed by atoms with Gasteiger partial charge >= 0.3 is 0 Å². The van der Waals surface area contributed by atoms with Crippen LogP contribution in [0.4, 0.5) is 0 Å². The largest absolute Gasteiger partial charge is 0.617 e. The number of hydrogen-bond acceptors (Lipinski definition) is 3. The smallest absolute Gasteiger partial charge is 0.185 e. The SMILES string of the molecule is BN1CCC=CC(c2ccc(OCCCC[S+](C)[O-])cc2)CC1. The molecule has 2 rings (SSSR count). The lowest BCUT2D eigenvalue weighted by molar-refractivity contribution is 0.309. The molecule has 0 spiro atoms. The second-order valence-electron chi connectivity index (χ2n) is 6.32. The fraction of sp³-hybridized carbons (Fsp3) is 0.556. The second-order valence-corrected chi connectivity index (χ2v) is 7.87. The second kappa shape index (κ2) is 10.1. The van der Waals surface area contributed by atoms with Gasteiger partial charge in [0.2, 0.25) is 0 Å². The molecule has 23 heavy (non-hydrogen) atoms. The third-order valence-corrected chi connectivity index (χ3v) is 5.13. The van der Waals surface area contributed by atoms with Gasteiger partial charge in [0.15, 0.2) is 7.98 Å². The minimum atomic E-state index is -0.690. The fourth-order valence-electron chi connectivity index (χ4n) is 2.81. The van der Waals surface area contributed by atoms with Gasteiger partial charge in [-0.25, -0.2) is 0 Å². The molecule has 0 aliphatic carbocycles.